The van der Waals surface area contributed by atoms with Crippen molar-refractivity contribution in [2.24, 2.45) is 0 Å². The zero-order valence-electron chi connectivity index (χ0n) is 19.1. The maximum absolute atomic E-state index is 13.0. The van der Waals surface area contributed by atoms with Crippen LogP contribution in [-0.2, 0) is 9.59 Å². The van der Waals surface area contributed by atoms with Gasteiger partial charge in [-0.3, -0.25) is 14.4 Å². The number of carbonyl (C=O) groups is 3. The minimum Gasteiger partial charge on any atom is -0.489 e. The third-order valence-electron chi connectivity index (χ3n) is 5.09. The quantitative estimate of drug-likeness (QED) is 0.333. The molecule has 0 saturated carbocycles. The summed E-state index contributed by atoms with van der Waals surface area (Å²) in [5, 5.41) is 5.91. The van der Waals surface area contributed by atoms with Gasteiger partial charge in [0.25, 0.3) is 17.7 Å². The summed E-state index contributed by atoms with van der Waals surface area (Å²) in [6.07, 6.45) is -0.0497. The van der Waals surface area contributed by atoms with E-state index >= 15 is 0 Å². The van der Waals surface area contributed by atoms with Crippen LogP contribution < -0.4 is 20.3 Å². The van der Waals surface area contributed by atoms with Crippen LogP contribution in [0.25, 0.3) is 0 Å². The smallest absolute Gasteiger partial charge is 0.283 e. The summed E-state index contributed by atoms with van der Waals surface area (Å²) in [4.78, 5) is 39.3. The lowest BCUT2D eigenvalue weighted by Crippen LogP contribution is -2.32. The van der Waals surface area contributed by atoms with Crippen LogP contribution in [0.3, 0.4) is 0 Å². The molecule has 1 aliphatic heterocycles. The number of rotatable bonds is 7. The van der Waals surface area contributed by atoms with Crippen molar-refractivity contribution in [2.45, 2.75) is 20.0 Å². The molecule has 1 aliphatic rings. The second-order valence-corrected chi connectivity index (χ2v) is 9.27. The first kappa shape index (κ1) is 25.6. The summed E-state index contributed by atoms with van der Waals surface area (Å²) in [5.74, 6) is -1.16. The molecule has 0 saturated heterocycles. The molecule has 0 atom stereocenters. The number of amides is 3. The molecule has 0 radical (unpaired) electrons. The minimum absolute atomic E-state index is 0.0497. The molecule has 3 aromatic carbocycles. The molecule has 4 rings (SSSR count). The molecule has 0 bridgehead atoms. The summed E-state index contributed by atoms with van der Waals surface area (Å²) in [5.41, 5.74) is 1.44. The molecular formula is C26H20Cl3N3O4. The standard InChI is InChI=1S/C26H20Cl3N3O4/c1-14(2)36-21-6-4-3-5-19(21)31-24(33)15-7-10-17(11-8-15)30-23-22(29)25(34)32(26(23)35)20-12-9-16(27)13-18(20)28/h3-14,30H,1-2H3,(H,31,33). The highest BCUT2D eigenvalue weighted by Crippen LogP contribution is 2.35. The number of halogens is 3. The van der Waals surface area contributed by atoms with Crippen molar-refractivity contribution in [1.29, 1.82) is 0 Å². The van der Waals surface area contributed by atoms with E-state index in [-0.39, 0.29) is 33.5 Å². The highest BCUT2D eigenvalue weighted by atomic mass is 35.5. The predicted molar refractivity (Wildman–Crippen MR) is 142 cm³/mol. The molecule has 0 aromatic heterocycles. The number of benzene rings is 3. The van der Waals surface area contributed by atoms with E-state index in [9.17, 15) is 14.4 Å². The number of ether oxygens (including phenoxy) is 1. The number of carbonyl (C=O) groups excluding carboxylic acids is 3. The van der Waals surface area contributed by atoms with E-state index in [0.29, 0.717) is 27.7 Å². The van der Waals surface area contributed by atoms with Gasteiger partial charge in [0.05, 0.1) is 22.5 Å². The van der Waals surface area contributed by atoms with Crippen molar-refractivity contribution >= 4 is 69.6 Å². The van der Waals surface area contributed by atoms with E-state index in [1.807, 2.05) is 19.9 Å². The first-order chi connectivity index (χ1) is 17.2. The zero-order chi connectivity index (χ0) is 26.0. The Balaban J connectivity index is 1.48. The van der Waals surface area contributed by atoms with Gasteiger partial charge in [0.2, 0.25) is 0 Å². The van der Waals surface area contributed by atoms with Crippen molar-refractivity contribution in [3.8, 4) is 5.75 Å². The molecular weight excluding hydrogens is 525 g/mol. The van der Waals surface area contributed by atoms with Gasteiger partial charge in [-0.1, -0.05) is 46.9 Å². The molecule has 184 valence electrons. The third-order valence-corrected chi connectivity index (χ3v) is 5.98. The van der Waals surface area contributed by atoms with Crippen LogP contribution in [0.15, 0.2) is 77.5 Å². The lowest BCUT2D eigenvalue weighted by molar-refractivity contribution is -0.120. The SMILES string of the molecule is CC(C)Oc1ccccc1NC(=O)c1ccc(NC2=C(Cl)C(=O)N(c3ccc(Cl)cc3Cl)C2=O)cc1. The van der Waals surface area contributed by atoms with Crippen LogP contribution in [-0.4, -0.2) is 23.8 Å². The van der Waals surface area contributed by atoms with Gasteiger partial charge in [0.1, 0.15) is 16.5 Å². The van der Waals surface area contributed by atoms with E-state index in [2.05, 4.69) is 10.6 Å². The van der Waals surface area contributed by atoms with Crippen molar-refractivity contribution in [2.75, 3.05) is 15.5 Å². The molecule has 3 aromatic rings. The van der Waals surface area contributed by atoms with Crippen LogP contribution in [0.2, 0.25) is 10.0 Å². The molecule has 7 nitrogen and oxygen atoms in total. The molecule has 2 N–H and O–H groups in total. The fraction of sp³-hybridized carbons (Fsp3) is 0.115. The van der Waals surface area contributed by atoms with Crippen molar-refractivity contribution in [3.05, 3.63) is 93.1 Å². The highest BCUT2D eigenvalue weighted by molar-refractivity contribution is 6.54. The highest BCUT2D eigenvalue weighted by Gasteiger charge is 2.39. The lowest BCUT2D eigenvalue weighted by Gasteiger charge is -2.17. The van der Waals surface area contributed by atoms with Gasteiger partial charge in [-0.2, -0.15) is 0 Å². The second-order valence-electron chi connectivity index (χ2n) is 8.05. The van der Waals surface area contributed by atoms with E-state index in [1.54, 1.807) is 42.5 Å². The Labute approximate surface area is 222 Å². The van der Waals surface area contributed by atoms with Gasteiger partial charge >= 0.3 is 0 Å². The molecule has 0 spiro atoms. The van der Waals surface area contributed by atoms with Crippen molar-refractivity contribution < 1.29 is 19.1 Å². The number of anilines is 3. The monoisotopic (exact) mass is 543 g/mol. The molecule has 0 fully saturated rings. The fourth-order valence-electron chi connectivity index (χ4n) is 3.46. The Hall–Kier alpha value is -3.52. The summed E-state index contributed by atoms with van der Waals surface area (Å²) in [6.45, 7) is 3.80. The summed E-state index contributed by atoms with van der Waals surface area (Å²) in [7, 11) is 0. The topological polar surface area (TPSA) is 87.7 Å². The number of hydrogen-bond acceptors (Lipinski definition) is 5. The molecule has 1 heterocycles. The molecule has 10 heteroatoms. The first-order valence-corrected chi connectivity index (χ1v) is 12.0. The van der Waals surface area contributed by atoms with Crippen molar-refractivity contribution in [1.82, 2.24) is 0 Å². The second kappa shape index (κ2) is 10.6. The summed E-state index contributed by atoms with van der Waals surface area (Å²) >= 11 is 18.3. The summed E-state index contributed by atoms with van der Waals surface area (Å²) in [6, 6.07) is 17.9. The van der Waals surface area contributed by atoms with Gasteiger partial charge in [-0.05, 0) is 68.4 Å². The van der Waals surface area contributed by atoms with Gasteiger partial charge in [0, 0.05) is 16.3 Å². The van der Waals surface area contributed by atoms with E-state index < -0.39 is 11.8 Å². The largest absolute Gasteiger partial charge is 0.489 e. The van der Waals surface area contributed by atoms with Crippen molar-refractivity contribution in [3.63, 3.8) is 0 Å². The minimum atomic E-state index is -0.716. The average molecular weight is 545 g/mol. The maximum Gasteiger partial charge on any atom is 0.283 e. The number of para-hydroxylation sites is 2. The van der Waals surface area contributed by atoms with Gasteiger partial charge < -0.3 is 15.4 Å². The van der Waals surface area contributed by atoms with Gasteiger partial charge in [0.15, 0.2) is 0 Å². The first-order valence-electron chi connectivity index (χ1n) is 10.8. The van der Waals surface area contributed by atoms with E-state index in [1.165, 1.54) is 18.2 Å². The lowest BCUT2D eigenvalue weighted by atomic mass is 10.1. The summed E-state index contributed by atoms with van der Waals surface area (Å²) < 4.78 is 5.74. The molecule has 36 heavy (non-hydrogen) atoms. The van der Waals surface area contributed by atoms with Crippen LogP contribution >= 0.6 is 34.8 Å². The normalized spacial score (nSPS) is 13.4. The zero-order valence-corrected chi connectivity index (χ0v) is 21.4. The molecule has 0 unspecified atom stereocenters. The Bertz CT molecular complexity index is 1390. The van der Waals surface area contributed by atoms with Crippen LogP contribution in [0.1, 0.15) is 24.2 Å². The number of hydrogen-bond donors (Lipinski definition) is 2. The van der Waals surface area contributed by atoms with Crippen LogP contribution in [0, 0.1) is 0 Å². The Kier molecular flexibility index (Phi) is 7.54. The fourth-order valence-corrected chi connectivity index (χ4v) is 4.17. The Morgan fingerprint density at radius 3 is 2.28 bits per heavy atom. The molecule has 3 amide bonds. The average Bonchev–Trinajstić information content (AvgIpc) is 3.04. The molecule has 0 aliphatic carbocycles. The van der Waals surface area contributed by atoms with Crippen LogP contribution in [0.5, 0.6) is 5.75 Å². The van der Waals surface area contributed by atoms with Gasteiger partial charge in [-0.15, -0.1) is 0 Å². The number of nitrogens with one attached hydrogen (secondary N) is 2. The maximum atomic E-state index is 13.0. The number of imide groups is 1. The Morgan fingerprint density at radius 2 is 1.61 bits per heavy atom. The van der Waals surface area contributed by atoms with E-state index in [4.69, 9.17) is 39.5 Å². The Morgan fingerprint density at radius 1 is 0.917 bits per heavy atom. The number of nitrogens with zero attached hydrogens (tertiary/aromatic N) is 1. The van der Waals surface area contributed by atoms with Gasteiger partial charge in [-0.25, -0.2) is 4.90 Å². The van der Waals surface area contributed by atoms with Crippen LogP contribution in [0.4, 0.5) is 17.1 Å². The van der Waals surface area contributed by atoms with E-state index in [0.717, 1.165) is 4.90 Å². The third kappa shape index (κ3) is 5.33. The predicted octanol–water partition coefficient (Wildman–Crippen LogP) is 6.47.